The van der Waals surface area contributed by atoms with Gasteiger partial charge in [0, 0.05) is 30.6 Å². The third-order valence-electron chi connectivity index (χ3n) is 5.06. The van der Waals surface area contributed by atoms with E-state index in [0.29, 0.717) is 25.2 Å². The van der Waals surface area contributed by atoms with Gasteiger partial charge in [-0.1, -0.05) is 36.4 Å². The Balaban J connectivity index is 1.50. The van der Waals surface area contributed by atoms with Crippen molar-refractivity contribution in [2.75, 3.05) is 19.6 Å². The van der Waals surface area contributed by atoms with Gasteiger partial charge < -0.3 is 10.2 Å². The van der Waals surface area contributed by atoms with Crippen molar-refractivity contribution in [3.63, 3.8) is 0 Å². The van der Waals surface area contributed by atoms with Crippen molar-refractivity contribution < 1.29 is 9.59 Å². The van der Waals surface area contributed by atoms with Crippen LogP contribution in [0.1, 0.15) is 28.5 Å². The number of rotatable bonds is 4. The van der Waals surface area contributed by atoms with Crippen LogP contribution in [0.3, 0.4) is 0 Å². The molecule has 2 aromatic carbocycles. The highest BCUT2D eigenvalue weighted by Crippen LogP contribution is 2.18. The number of aromatic nitrogens is 2. The second kappa shape index (κ2) is 7.78. The highest BCUT2D eigenvalue weighted by atomic mass is 16.2. The molecule has 6 nitrogen and oxygen atoms in total. The molecule has 0 bridgehead atoms. The average Bonchev–Trinajstić information content (AvgIpc) is 3.15. The molecule has 2 heterocycles. The predicted molar refractivity (Wildman–Crippen MR) is 110 cm³/mol. The summed E-state index contributed by atoms with van der Waals surface area (Å²) in [4.78, 5) is 26.3. The quantitative estimate of drug-likeness (QED) is 0.736. The zero-order chi connectivity index (χ0) is 19.5. The fourth-order valence-electron chi connectivity index (χ4n) is 3.50. The summed E-state index contributed by atoms with van der Waals surface area (Å²) in [6, 6.07) is 15.0. The SMILES string of the molecule is CC(=O)C1CNCCN1C(=O)c1ccc(C=Cc2n[nH]c3ccccc23)cc1. The second-order valence-electron chi connectivity index (χ2n) is 6.94. The number of ketones is 1. The molecule has 1 atom stereocenters. The van der Waals surface area contributed by atoms with Crippen molar-refractivity contribution in [3.05, 3.63) is 65.4 Å². The van der Waals surface area contributed by atoms with Crippen LogP contribution in [0, 0.1) is 0 Å². The van der Waals surface area contributed by atoms with E-state index in [9.17, 15) is 9.59 Å². The third-order valence-corrected chi connectivity index (χ3v) is 5.06. The number of benzene rings is 2. The standard InChI is InChI=1S/C22H22N4O2/c1-15(27)21-14-23-12-13-26(21)22(28)17-9-6-16(7-10-17)8-11-20-18-4-2-3-5-19(18)24-25-20/h2-11,21,23H,12-14H2,1H3,(H,24,25). The lowest BCUT2D eigenvalue weighted by atomic mass is 10.1. The van der Waals surface area contributed by atoms with Crippen LogP contribution in [0.25, 0.3) is 23.1 Å². The Hall–Kier alpha value is -3.25. The van der Waals surface area contributed by atoms with E-state index in [1.165, 1.54) is 6.92 Å². The molecule has 1 amide bonds. The second-order valence-corrected chi connectivity index (χ2v) is 6.94. The fraction of sp³-hybridized carbons (Fsp3) is 0.227. The molecule has 1 fully saturated rings. The van der Waals surface area contributed by atoms with Gasteiger partial charge in [0.05, 0.1) is 11.2 Å². The van der Waals surface area contributed by atoms with Gasteiger partial charge in [0.15, 0.2) is 5.78 Å². The van der Waals surface area contributed by atoms with Gasteiger partial charge in [0.25, 0.3) is 5.91 Å². The number of nitrogens with zero attached hydrogens (tertiary/aromatic N) is 2. The number of para-hydroxylation sites is 1. The van der Waals surface area contributed by atoms with Gasteiger partial charge in [-0.25, -0.2) is 0 Å². The van der Waals surface area contributed by atoms with Crippen molar-refractivity contribution in [2.24, 2.45) is 0 Å². The normalized spacial score (nSPS) is 17.3. The minimum Gasteiger partial charge on any atom is -0.326 e. The summed E-state index contributed by atoms with van der Waals surface area (Å²) in [5.41, 5.74) is 3.45. The number of amides is 1. The van der Waals surface area contributed by atoms with Gasteiger partial charge in [-0.05, 0) is 36.8 Å². The fourth-order valence-corrected chi connectivity index (χ4v) is 3.50. The highest BCUT2D eigenvalue weighted by molar-refractivity contribution is 5.98. The summed E-state index contributed by atoms with van der Waals surface area (Å²) >= 11 is 0. The minimum atomic E-state index is -0.395. The Morgan fingerprint density at radius 3 is 2.68 bits per heavy atom. The lowest BCUT2D eigenvalue weighted by Gasteiger charge is -2.34. The van der Waals surface area contributed by atoms with Gasteiger partial charge in [-0.15, -0.1) is 0 Å². The molecule has 1 saturated heterocycles. The topological polar surface area (TPSA) is 78.1 Å². The summed E-state index contributed by atoms with van der Waals surface area (Å²) in [5.74, 6) is -0.0955. The first kappa shape index (κ1) is 18.1. The van der Waals surface area contributed by atoms with Crippen molar-refractivity contribution in [3.8, 4) is 0 Å². The molecule has 4 rings (SSSR count). The Morgan fingerprint density at radius 1 is 1.11 bits per heavy atom. The van der Waals surface area contributed by atoms with Crippen LogP contribution in [0.2, 0.25) is 0 Å². The number of fused-ring (bicyclic) bond motifs is 1. The molecule has 1 aliphatic heterocycles. The lowest BCUT2D eigenvalue weighted by molar-refractivity contribution is -0.121. The molecule has 2 N–H and O–H groups in total. The highest BCUT2D eigenvalue weighted by Gasteiger charge is 2.30. The van der Waals surface area contributed by atoms with Crippen LogP contribution in [0.5, 0.6) is 0 Å². The molecule has 0 spiro atoms. The molecule has 142 valence electrons. The van der Waals surface area contributed by atoms with Crippen LogP contribution in [-0.2, 0) is 4.79 Å². The lowest BCUT2D eigenvalue weighted by Crippen LogP contribution is -2.56. The Kier molecular flexibility index (Phi) is 5.04. The van der Waals surface area contributed by atoms with E-state index in [-0.39, 0.29) is 11.7 Å². The molecule has 1 unspecified atom stereocenters. The van der Waals surface area contributed by atoms with E-state index in [4.69, 9.17) is 0 Å². The van der Waals surface area contributed by atoms with E-state index < -0.39 is 6.04 Å². The zero-order valence-electron chi connectivity index (χ0n) is 15.7. The summed E-state index contributed by atoms with van der Waals surface area (Å²) < 4.78 is 0. The monoisotopic (exact) mass is 374 g/mol. The van der Waals surface area contributed by atoms with E-state index in [1.54, 1.807) is 4.90 Å². The Bertz CT molecular complexity index is 1040. The Morgan fingerprint density at radius 2 is 1.89 bits per heavy atom. The number of nitrogens with one attached hydrogen (secondary N) is 2. The summed E-state index contributed by atoms with van der Waals surface area (Å²) in [6.45, 7) is 3.29. The molecule has 1 aliphatic rings. The van der Waals surface area contributed by atoms with E-state index in [2.05, 4.69) is 15.5 Å². The predicted octanol–water partition coefficient (Wildman–Crippen LogP) is 2.74. The van der Waals surface area contributed by atoms with Gasteiger partial charge in [-0.2, -0.15) is 5.10 Å². The van der Waals surface area contributed by atoms with E-state index >= 15 is 0 Å². The van der Waals surface area contributed by atoms with Crippen molar-refractivity contribution in [2.45, 2.75) is 13.0 Å². The van der Waals surface area contributed by atoms with Crippen LogP contribution in [0.15, 0.2) is 48.5 Å². The maximum atomic E-state index is 12.8. The summed E-state index contributed by atoms with van der Waals surface area (Å²) in [7, 11) is 0. The number of aromatic amines is 1. The van der Waals surface area contributed by atoms with Crippen LogP contribution in [-0.4, -0.2) is 52.5 Å². The molecule has 6 heteroatoms. The minimum absolute atomic E-state index is 0.00586. The number of hydrogen-bond acceptors (Lipinski definition) is 4. The summed E-state index contributed by atoms with van der Waals surface area (Å²) in [5, 5.41) is 11.6. The van der Waals surface area contributed by atoms with E-state index in [0.717, 1.165) is 22.2 Å². The maximum absolute atomic E-state index is 12.8. The van der Waals surface area contributed by atoms with Crippen molar-refractivity contribution >= 4 is 34.7 Å². The zero-order valence-corrected chi connectivity index (χ0v) is 15.7. The number of piperazine rings is 1. The number of carbonyl (C=O) groups excluding carboxylic acids is 2. The number of hydrogen-bond donors (Lipinski definition) is 2. The molecular weight excluding hydrogens is 352 g/mol. The van der Waals surface area contributed by atoms with Crippen molar-refractivity contribution in [1.29, 1.82) is 0 Å². The first-order chi connectivity index (χ1) is 13.6. The first-order valence-corrected chi connectivity index (χ1v) is 9.37. The smallest absolute Gasteiger partial charge is 0.254 e. The average molecular weight is 374 g/mol. The molecule has 0 saturated carbocycles. The molecule has 28 heavy (non-hydrogen) atoms. The first-order valence-electron chi connectivity index (χ1n) is 9.37. The Labute approximate surface area is 163 Å². The third kappa shape index (κ3) is 3.59. The maximum Gasteiger partial charge on any atom is 0.254 e. The molecule has 0 radical (unpaired) electrons. The van der Waals surface area contributed by atoms with Crippen LogP contribution < -0.4 is 5.32 Å². The van der Waals surface area contributed by atoms with Gasteiger partial charge in [0.1, 0.15) is 6.04 Å². The van der Waals surface area contributed by atoms with Gasteiger partial charge in [-0.3, -0.25) is 14.7 Å². The van der Waals surface area contributed by atoms with Gasteiger partial charge >= 0.3 is 0 Å². The summed E-state index contributed by atoms with van der Waals surface area (Å²) in [6.07, 6.45) is 3.93. The van der Waals surface area contributed by atoms with Crippen LogP contribution >= 0.6 is 0 Å². The number of H-pyrrole nitrogens is 1. The molecule has 0 aliphatic carbocycles. The van der Waals surface area contributed by atoms with Crippen molar-refractivity contribution in [1.82, 2.24) is 20.4 Å². The molecular formula is C22H22N4O2. The molecule has 3 aromatic rings. The van der Waals surface area contributed by atoms with E-state index in [1.807, 2.05) is 60.7 Å². The van der Waals surface area contributed by atoms with Crippen LogP contribution in [0.4, 0.5) is 0 Å². The number of Topliss-reactive ketones (excluding diaryl/α,β-unsaturated/α-hetero) is 1. The largest absolute Gasteiger partial charge is 0.326 e. The van der Waals surface area contributed by atoms with Gasteiger partial charge in [0.2, 0.25) is 0 Å². The number of carbonyl (C=O) groups is 2. The molecule has 1 aromatic heterocycles.